The van der Waals surface area contributed by atoms with Crippen molar-refractivity contribution in [2.24, 2.45) is 0 Å². The molecule has 2 amide bonds. The Labute approximate surface area is 160 Å². The minimum absolute atomic E-state index is 0.0410. The van der Waals surface area contributed by atoms with Crippen LogP contribution < -0.4 is 5.32 Å². The van der Waals surface area contributed by atoms with Crippen molar-refractivity contribution < 1.29 is 14.0 Å². The molecule has 1 aromatic heterocycles. The number of carbonyl (C=O) groups is 2. The molecule has 144 valence electrons. The van der Waals surface area contributed by atoms with Crippen LogP contribution in [0.15, 0.2) is 53.1 Å². The van der Waals surface area contributed by atoms with Gasteiger partial charge in [0.2, 0.25) is 11.8 Å². The summed E-state index contributed by atoms with van der Waals surface area (Å²) in [6.45, 7) is 5.70. The van der Waals surface area contributed by atoms with E-state index in [1.165, 1.54) is 0 Å². The topological polar surface area (TPSA) is 65.8 Å². The quantitative estimate of drug-likeness (QED) is 0.812. The number of carbonyl (C=O) groups excluding carboxylic acids is 2. The summed E-state index contributed by atoms with van der Waals surface area (Å²) in [7, 11) is 0. The number of amides is 2. The fraction of sp³-hybridized carbons (Fsp3) is 0.429. The third-order valence-corrected chi connectivity index (χ3v) is 4.93. The summed E-state index contributed by atoms with van der Waals surface area (Å²) in [5.74, 6) is 0.892. The van der Waals surface area contributed by atoms with Crippen LogP contribution in [0.5, 0.6) is 0 Å². The first kappa shape index (κ1) is 19.2. The van der Waals surface area contributed by atoms with Crippen LogP contribution in [-0.2, 0) is 9.59 Å². The summed E-state index contributed by atoms with van der Waals surface area (Å²) in [6, 6.07) is 13.8. The highest BCUT2D eigenvalue weighted by Gasteiger charge is 2.26. The maximum absolute atomic E-state index is 12.9. The molecule has 0 unspecified atom stereocenters. The van der Waals surface area contributed by atoms with Gasteiger partial charge >= 0.3 is 0 Å². The minimum Gasteiger partial charge on any atom is -0.469 e. The van der Waals surface area contributed by atoms with Gasteiger partial charge in [-0.3, -0.25) is 14.5 Å². The van der Waals surface area contributed by atoms with Gasteiger partial charge in [0, 0.05) is 39.1 Å². The van der Waals surface area contributed by atoms with Crippen LogP contribution in [0.3, 0.4) is 0 Å². The smallest absolute Gasteiger partial charge is 0.234 e. The van der Waals surface area contributed by atoms with Crippen molar-refractivity contribution in [1.82, 2.24) is 15.1 Å². The molecular weight excluding hydrogens is 342 g/mol. The predicted molar refractivity (Wildman–Crippen MR) is 103 cm³/mol. The molecule has 1 N–H and O–H groups in total. The monoisotopic (exact) mass is 369 g/mol. The van der Waals surface area contributed by atoms with Crippen molar-refractivity contribution in [3.05, 3.63) is 60.1 Å². The first-order chi connectivity index (χ1) is 13.2. The number of piperazine rings is 1. The Morgan fingerprint density at radius 2 is 1.81 bits per heavy atom. The van der Waals surface area contributed by atoms with E-state index in [0.29, 0.717) is 32.6 Å². The van der Waals surface area contributed by atoms with Gasteiger partial charge in [0.25, 0.3) is 0 Å². The third kappa shape index (κ3) is 5.20. The number of nitrogens with zero attached hydrogens (tertiary/aromatic N) is 2. The largest absolute Gasteiger partial charge is 0.469 e. The number of benzene rings is 1. The molecule has 1 fully saturated rings. The molecule has 1 aliphatic heterocycles. The number of likely N-dealkylation sites (N-methyl/N-ethyl adjacent to an activating group) is 1. The third-order valence-electron chi connectivity index (χ3n) is 4.93. The summed E-state index contributed by atoms with van der Waals surface area (Å²) >= 11 is 0. The van der Waals surface area contributed by atoms with Crippen LogP contribution in [0.1, 0.15) is 30.6 Å². The Kier molecular flexibility index (Phi) is 6.65. The van der Waals surface area contributed by atoms with Crippen LogP contribution >= 0.6 is 0 Å². The second-order valence-electron chi connectivity index (χ2n) is 6.79. The number of hydrogen-bond donors (Lipinski definition) is 1. The summed E-state index contributed by atoms with van der Waals surface area (Å²) in [5, 5.41) is 2.82. The van der Waals surface area contributed by atoms with Crippen LogP contribution in [0, 0.1) is 0 Å². The molecular formula is C21H27N3O3. The Morgan fingerprint density at radius 3 is 2.44 bits per heavy atom. The van der Waals surface area contributed by atoms with E-state index in [-0.39, 0.29) is 17.7 Å². The molecule has 1 aliphatic rings. The maximum Gasteiger partial charge on any atom is 0.234 e. The molecule has 2 aromatic rings. The number of furan rings is 1. The summed E-state index contributed by atoms with van der Waals surface area (Å²) in [4.78, 5) is 28.6. The molecule has 0 aliphatic carbocycles. The molecule has 0 saturated carbocycles. The highest BCUT2D eigenvalue weighted by Crippen LogP contribution is 2.29. The lowest BCUT2D eigenvalue weighted by molar-refractivity contribution is -0.133. The zero-order chi connectivity index (χ0) is 19.1. The lowest BCUT2D eigenvalue weighted by atomic mass is 9.92. The average Bonchev–Trinajstić information content (AvgIpc) is 3.22. The standard InChI is InChI=1S/C21H27N3O3/c1-2-22-20(25)16-23-10-12-24(13-11-23)21(26)15-18(19-9-6-14-27-19)17-7-4-3-5-8-17/h3-9,14,18H,2,10-13,15-16H2,1H3,(H,22,25)/t18-/m0/s1. The van der Waals surface area contributed by atoms with Crippen molar-refractivity contribution in [3.63, 3.8) is 0 Å². The molecule has 6 heteroatoms. The minimum atomic E-state index is -0.0814. The molecule has 1 saturated heterocycles. The number of rotatable bonds is 7. The molecule has 6 nitrogen and oxygen atoms in total. The van der Waals surface area contributed by atoms with Crippen LogP contribution in [0.25, 0.3) is 0 Å². The van der Waals surface area contributed by atoms with Gasteiger partial charge in [0.05, 0.1) is 18.7 Å². The molecule has 1 atom stereocenters. The SMILES string of the molecule is CCNC(=O)CN1CCN(C(=O)C[C@@H](c2ccccc2)c2ccco2)CC1. The normalized spacial score (nSPS) is 16.1. The fourth-order valence-corrected chi connectivity index (χ4v) is 3.47. The predicted octanol–water partition coefficient (Wildman–Crippen LogP) is 2.08. The van der Waals surface area contributed by atoms with E-state index in [9.17, 15) is 9.59 Å². The van der Waals surface area contributed by atoms with E-state index < -0.39 is 0 Å². The van der Waals surface area contributed by atoms with Gasteiger partial charge in [-0.05, 0) is 24.6 Å². The maximum atomic E-state index is 12.9. The number of hydrogen-bond acceptors (Lipinski definition) is 4. The highest BCUT2D eigenvalue weighted by molar-refractivity contribution is 5.79. The highest BCUT2D eigenvalue weighted by atomic mass is 16.3. The van der Waals surface area contributed by atoms with Crippen molar-refractivity contribution in [2.75, 3.05) is 39.3 Å². The van der Waals surface area contributed by atoms with Gasteiger partial charge in [0.1, 0.15) is 5.76 Å². The molecule has 3 rings (SSSR count). The van der Waals surface area contributed by atoms with Gasteiger partial charge in [-0.1, -0.05) is 30.3 Å². The van der Waals surface area contributed by atoms with Gasteiger partial charge < -0.3 is 14.6 Å². The molecule has 0 spiro atoms. The van der Waals surface area contributed by atoms with Crippen molar-refractivity contribution >= 4 is 11.8 Å². The van der Waals surface area contributed by atoms with E-state index in [2.05, 4.69) is 10.2 Å². The van der Waals surface area contributed by atoms with Crippen molar-refractivity contribution in [3.8, 4) is 0 Å². The average molecular weight is 369 g/mol. The van der Waals surface area contributed by atoms with Crippen LogP contribution in [-0.4, -0.2) is 60.9 Å². The lowest BCUT2D eigenvalue weighted by Gasteiger charge is -2.35. The number of nitrogens with one attached hydrogen (secondary N) is 1. The Hall–Kier alpha value is -2.60. The summed E-state index contributed by atoms with van der Waals surface area (Å²) in [5.41, 5.74) is 1.08. The first-order valence-corrected chi connectivity index (χ1v) is 9.52. The zero-order valence-corrected chi connectivity index (χ0v) is 15.8. The van der Waals surface area contributed by atoms with E-state index >= 15 is 0 Å². The van der Waals surface area contributed by atoms with Crippen LogP contribution in [0.2, 0.25) is 0 Å². The van der Waals surface area contributed by atoms with E-state index in [4.69, 9.17) is 4.42 Å². The Bertz CT molecular complexity index is 722. The summed E-state index contributed by atoms with van der Waals surface area (Å²) < 4.78 is 5.60. The van der Waals surface area contributed by atoms with Gasteiger partial charge in [-0.2, -0.15) is 0 Å². The zero-order valence-electron chi connectivity index (χ0n) is 15.8. The first-order valence-electron chi connectivity index (χ1n) is 9.52. The van der Waals surface area contributed by atoms with E-state index in [1.54, 1.807) is 6.26 Å². The van der Waals surface area contributed by atoms with Gasteiger partial charge in [0.15, 0.2) is 0 Å². The van der Waals surface area contributed by atoms with Gasteiger partial charge in [-0.25, -0.2) is 0 Å². The Morgan fingerprint density at radius 1 is 1.07 bits per heavy atom. The second-order valence-corrected chi connectivity index (χ2v) is 6.79. The fourth-order valence-electron chi connectivity index (χ4n) is 3.47. The van der Waals surface area contributed by atoms with E-state index in [0.717, 1.165) is 24.4 Å². The molecule has 0 radical (unpaired) electrons. The summed E-state index contributed by atoms with van der Waals surface area (Å²) in [6.07, 6.45) is 2.03. The molecule has 0 bridgehead atoms. The lowest BCUT2D eigenvalue weighted by Crippen LogP contribution is -2.51. The second kappa shape index (κ2) is 9.37. The van der Waals surface area contributed by atoms with Crippen molar-refractivity contribution in [2.45, 2.75) is 19.3 Å². The van der Waals surface area contributed by atoms with Crippen LogP contribution in [0.4, 0.5) is 0 Å². The molecule has 27 heavy (non-hydrogen) atoms. The molecule has 2 heterocycles. The van der Waals surface area contributed by atoms with Crippen molar-refractivity contribution in [1.29, 1.82) is 0 Å². The molecule has 1 aromatic carbocycles. The Balaban J connectivity index is 1.58. The van der Waals surface area contributed by atoms with E-state index in [1.807, 2.05) is 54.3 Å². The van der Waals surface area contributed by atoms with Gasteiger partial charge in [-0.15, -0.1) is 0 Å².